The zero-order valence-electron chi connectivity index (χ0n) is 15.6. The Balaban J connectivity index is 1.83. The first-order valence-corrected chi connectivity index (χ1v) is 10.6. The number of aliphatic imine (C=N–C) groups is 1. The third-order valence-electron chi connectivity index (χ3n) is 3.96. The van der Waals surface area contributed by atoms with Gasteiger partial charge in [-0.15, -0.1) is 0 Å². The van der Waals surface area contributed by atoms with Crippen LogP contribution >= 0.6 is 23.2 Å². The molecule has 0 aromatic heterocycles. The highest BCUT2D eigenvalue weighted by Crippen LogP contribution is 2.36. The molecule has 0 aliphatic rings. The highest BCUT2D eigenvalue weighted by molar-refractivity contribution is 7.87. The number of halogens is 2. The number of rotatable bonds is 6. The summed E-state index contributed by atoms with van der Waals surface area (Å²) in [6.45, 7) is 1.86. The maximum absolute atomic E-state index is 12.5. The van der Waals surface area contributed by atoms with E-state index in [4.69, 9.17) is 32.1 Å². The summed E-state index contributed by atoms with van der Waals surface area (Å²) in [7, 11) is -2.48. The van der Waals surface area contributed by atoms with Crippen molar-refractivity contribution in [2.24, 2.45) is 4.99 Å². The minimum Gasteiger partial charge on any atom is -0.497 e. The second-order valence-corrected chi connectivity index (χ2v) is 8.48. The lowest BCUT2D eigenvalue weighted by atomic mass is 10.2. The maximum atomic E-state index is 12.5. The van der Waals surface area contributed by atoms with E-state index in [1.807, 2.05) is 6.92 Å². The topological polar surface area (TPSA) is 65.0 Å². The van der Waals surface area contributed by atoms with Gasteiger partial charge in [-0.05, 0) is 61.0 Å². The van der Waals surface area contributed by atoms with Crippen molar-refractivity contribution in [2.75, 3.05) is 7.11 Å². The van der Waals surface area contributed by atoms with Crippen LogP contribution in [0.25, 0.3) is 0 Å². The highest BCUT2D eigenvalue weighted by Gasteiger charge is 2.20. The van der Waals surface area contributed by atoms with E-state index < -0.39 is 10.1 Å². The van der Waals surface area contributed by atoms with Crippen LogP contribution in [0.5, 0.6) is 11.5 Å². The molecule has 3 aromatic carbocycles. The van der Waals surface area contributed by atoms with E-state index in [9.17, 15) is 8.42 Å². The van der Waals surface area contributed by atoms with Gasteiger partial charge in [0.1, 0.15) is 10.6 Å². The van der Waals surface area contributed by atoms with Crippen molar-refractivity contribution in [1.29, 1.82) is 0 Å². The Morgan fingerprint density at radius 2 is 1.52 bits per heavy atom. The average Bonchev–Trinajstić information content (AvgIpc) is 2.70. The summed E-state index contributed by atoms with van der Waals surface area (Å²) in [6.07, 6.45) is 1.57. The predicted octanol–water partition coefficient (Wildman–Crippen LogP) is 5.83. The van der Waals surface area contributed by atoms with Crippen LogP contribution in [-0.4, -0.2) is 21.7 Å². The molecule has 0 saturated heterocycles. The Labute approximate surface area is 179 Å². The fourth-order valence-electron chi connectivity index (χ4n) is 2.41. The van der Waals surface area contributed by atoms with Crippen LogP contribution in [0.2, 0.25) is 10.0 Å². The molecule has 0 aliphatic heterocycles. The van der Waals surface area contributed by atoms with Crippen molar-refractivity contribution in [3.8, 4) is 11.5 Å². The van der Waals surface area contributed by atoms with Crippen molar-refractivity contribution in [3.05, 3.63) is 81.8 Å². The largest absolute Gasteiger partial charge is 0.497 e. The van der Waals surface area contributed by atoms with E-state index in [0.29, 0.717) is 11.3 Å². The Hall–Kier alpha value is -2.54. The first-order valence-electron chi connectivity index (χ1n) is 8.47. The minimum atomic E-state index is -4.06. The number of ether oxygens (including phenoxy) is 1. The van der Waals surface area contributed by atoms with Crippen molar-refractivity contribution in [3.63, 3.8) is 0 Å². The number of hydrogen-bond donors (Lipinski definition) is 0. The van der Waals surface area contributed by atoms with E-state index in [1.54, 1.807) is 49.7 Å². The molecule has 0 N–H and O–H groups in total. The van der Waals surface area contributed by atoms with Crippen LogP contribution in [0, 0.1) is 6.92 Å². The van der Waals surface area contributed by atoms with Gasteiger partial charge in [-0.1, -0.05) is 40.9 Å². The molecule has 0 bridgehead atoms. The van der Waals surface area contributed by atoms with E-state index in [1.165, 1.54) is 24.3 Å². The van der Waals surface area contributed by atoms with Crippen LogP contribution in [0.4, 0.5) is 5.69 Å². The molecule has 150 valence electrons. The summed E-state index contributed by atoms with van der Waals surface area (Å²) in [6, 6.07) is 16.5. The van der Waals surface area contributed by atoms with E-state index in [0.717, 1.165) is 11.3 Å². The highest BCUT2D eigenvalue weighted by atomic mass is 35.5. The zero-order valence-corrected chi connectivity index (χ0v) is 17.9. The SMILES string of the molecule is COc1ccc(N=Cc2cc(Cl)c(OS(=O)(=O)c3ccc(C)cc3)c(Cl)c2)cc1. The van der Waals surface area contributed by atoms with Gasteiger partial charge in [-0.25, -0.2) is 0 Å². The summed E-state index contributed by atoms with van der Waals surface area (Å²) in [5, 5.41) is 0.119. The predicted molar refractivity (Wildman–Crippen MR) is 116 cm³/mol. The number of nitrogens with zero attached hydrogens (tertiary/aromatic N) is 1. The molecule has 0 radical (unpaired) electrons. The third kappa shape index (κ3) is 5.29. The number of benzene rings is 3. The van der Waals surface area contributed by atoms with Crippen LogP contribution in [0.1, 0.15) is 11.1 Å². The van der Waals surface area contributed by atoms with Crippen molar-refractivity contribution in [2.45, 2.75) is 11.8 Å². The van der Waals surface area contributed by atoms with Gasteiger partial charge in [-0.3, -0.25) is 4.99 Å². The third-order valence-corrected chi connectivity index (χ3v) is 5.76. The second-order valence-electron chi connectivity index (χ2n) is 6.12. The molecule has 3 aromatic rings. The molecule has 0 spiro atoms. The van der Waals surface area contributed by atoms with E-state index in [2.05, 4.69) is 4.99 Å². The molecular formula is C21H17Cl2NO4S. The molecule has 3 rings (SSSR count). The lowest BCUT2D eigenvalue weighted by Gasteiger charge is -2.11. The quantitative estimate of drug-likeness (QED) is 0.350. The maximum Gasteiger partial charge on any atom is 0.339 e. The Morgan fingerprint density at radius 1 is 0.931 bits per heavy atom. The van der Waals surface area contributed by atoms with Gasteiger partial charge in [0.15, 0.2) is 5.75 Å². The summed E-state index contributed by atoms with van der Waals surface area (Å²) in [4.78, 5) is 4.35. The molecule has 0 amide bonds. The summed E-state index contributed by atoms with van der Waals surface area (Å²) in [5.74, 6) is 0.599. The Bertz CT molecular complexity index is 1120. The van der Waals surface area contributed by atoms with Gasteiger partial charge in [0, 0.05) is 6.21 Å². The first kappa shape index (κ1) is 21.2. The molecule has 5 nitrogen and oxygen atoms in total. The normalized spacial score (nSPS) is 11.6. The molecule has 0 fully saturated rings. The molecule has 29 heavy (non-hydrogen) atoms. The van der Waals surface area contributed by atoms with Gasteiger partial charge in [0.25, 0.3) is 0 Å². The molecule has 0 atom stereocenters. The van der Waals surface area contributed by atoms with Gasteiger partial charge < -0.3 is 8.92 Å². The summed E-state index contributed by atoms with van der Waals surface area (Å²) >= 11 is 12.4. The van der Waals surface area contributed by atoms with Gasteiger partial charge in [0.05, 0.1) is 22.8 Å². The molecule has 8 heteroatoms. The average molecular weight is 450 g/mol. The van der Waals surface area contributed by atoms with E-state index in [-0.39, 0.29) is 20.7 Å². The lowest BCUT2D eigenvalue weighted by molar-refractivity contribution is 0.415. The fraction of sp³-hybridized carbons (Fsp3) is 0.0952. The lowest BCUT2D eigenvalue weighted by Crippen LogP contribution is -2.10. The van der Waals surface area contributed by atoms with Gasteiger partial charge in [0.2, 0.25) is 0 Å². The van der Waals surface area contributed by atoms with Crippen molar-refractivity contribution >= 4 is 45.2 Å². The molecule has 0 saturated carbocycles. The van der Waals surface area contributed by atoms with Crippen molar-refractivity contribution < 1.29 is 17.3 Å². The first-order chi connectivity index (χ1) is 13.8. The van der Waals surface area contributed by atoms with Crippen molar-refractivity contribution in [1.82, 2.24) is 0 Å². The Kier molecular flexibility index (Phi) is 6.47. The number of hydrogen-bond acceptors (Lipinski definition) is 5. The summed E-state index contributed by atoms with van der Waals surface area (Å²) < 4.78 is 35.3. The van der Waals surface area contributed by atoms with E-state index >= 15 is 0 Å². The monoisotopic (exact) mass is 449 g/mol. The van der Waals surface area contributed by atoms with Crippen LogP contribution in [-0.2, 0) is 10.1 Å². The van der Waals surface area contributed by atoms with Crippen LogP contribution in [0.3, 0.4) is 0 Å². The van der Waals surface area contributed by atoms with Crippen LogP contribution < -0.4 is 8.92 Å². The minimum absolute atomic E-state index is 0.0142. The van der Waals surface area contributed by atoms with Crippen LogP contribution in [0.15, 0.2) is 70.6 Å². The molecular weight excluding hydrogens is 433 g/mol. The smallest absolute Gasteiger partial charge is 0.339 e. The number of methoxy groups -OCH3 is 1. The molecule has 0 aliphatic carbocycles. The number of aryl methyl sites for hydroxylation is 1. The second kappa shape index (κ2) is 8.86. The fourth-order valence-corrected chi connectivity index (χ4v) is 4.05. The standard InChI is InChI=1S/C21H17Cl2NO4S/c1-14-3-9-18(10-4-14)29(25,26)28-21-19(22)11-15(12-20(21)23)13-24-16-5-7-17(27-2)8-6-16/h3-13H,1-2H3. The molecule has 0 unspecified atom stereocenters. The Morgan fingerprint density at radius 3 is 2.07 bits per heavy atom. The summed E-state index contributed by atoms with van der Waals surface area (Å²) in [5.41, 5.74) is 2.23. The molecule has 0 heterocycles. The van der Waals surface area contributed by atoms with Gasteiger partial charge in [-0.2, -0.15) is 8.42 Å². The van der Waals surface area contributed by atoms with Gasteiger partial charge >= 0.3 is 10.1 Å². The zero-order chi connectivity index (χ0) is 21.0.